The molecule has 1 heterocycles. The van der Waals surface area contributed by atoms with Crippen molar-refractivity contribution < 1.29 is 9.53 Å². The summed E-state index contributed by atoms with van der Waals surface area (Å²) in [6, 6.07) is 2.13. The van der Waals surface area contributed by atoms with Gasteiger partial charge in [-0.05, 0) is 25.7 Å². The fourth-order valence-corrected chi connectivity index (χ4v) is 1.93. The van der Waals surface area contributed by atoms with Gasteiger partial charge in [-0.15, -0.1) is 0 Å². The Hall–Kier alpha value is -1.24. The van der Waals surface area contributed by atoms with E-state index < -0.39 is 0 Å². The van der Waals surface area contributed by atoms with Gasteiger partial charge in [0.05, 0.1) is 12.0 Å². The molecule has 4 nitrogen and oxygen atoms in total. The molecule has 1 aliphatic carbocycles. The van der Waals surface area contributed by atoms with Gasteiger partial charge in [0.25, 0.3) is 0 Å². The Balaban J connectivity index is 1.72. The molecule has 76 valence electrons. The molecule has 0 spiro atoms. The number of likely N-dealkylation sites (tertiary alicyclic amines) is 1. The number of carbonyl (C=O) groups excluding carboxylic acids is 1. The van der Waals surface area contributed by atoms with Crippen molar-refractivity contribution >= 4 is 6.09 Å². The summed E-state index contributed by atoms with van der Waals surface area (Å²) < 4.78 is 5.29. The van der Waals surface area contributed by atoms with E-state index in [0.717, 1.165) is 12.8 Å². The van der Waals surface area contributed by atoms with Gasteiger partial charge in [-0.3, -0.25) is 0 Å². The van der Waals surface area contributed by atoms with Crippen LogP contribution in [0.15, 0.2) is 0 Å². The zero-order chi connectivity index (χ0) is 9.97. The molecule has 0 aromatic heterocycles. The fourth-order valence-electron chi connectivity index (χ4n) is 1.93. The van der Waals surface area contributed by atoms with Gasteiger partial charge in [0, 0.05) is 13.1 Å². The highest BCUT2D eigenvalue weighted by Crippen LogP contribution is 2.23. The molecule has 4 heteroatoms. The first-order valence-corrected chi connectivity index (χ1v) is 5.15. The van der Waals surface area contributed by atoms with Gasteiger partial charge in [-0.25, -0.2) is 4.79 Å². The van der Waals surface area contributed by atoms with E-state index in [0.29, 0.717) is 13.1 Å². The Morgan fingerprint density at radius 1 is 1.36 bits per heavy atom. The fraction of sp³-hybridized carbons (Fsp3) is 0.800. The average molecular weight is 194 g/mol. The molecule has 2 fully saturated rings. The van der Waals surface area contributed by atoms with Crippen LogP contribution in [0.1, 0.15) is 25.7 Å². The van der Waals surface area contributed by atoms with Crippen LogP contribution in [0.5, 0.6) is 0 Å². The first kappa shape index (κ1) is 9.32. The van der Waals surface area contributed by atoms with Crippen LogP contribution < -0.4 is 0 Å². The van der Waals surface area contributed by atoms with E-state index in [9.17, 15) is 4.79 Å². The van der Waals surface area contributed by atoms with E-state index in [-0.39, 0.29) is 18.1 Å². The monoisotopic (exact) mass is 194 g/mol. The number of ether oxygens (including phenoxy) is 1. The molecule has 1 saturated heterocycles. The van der Waals surface area contributed by atoms with E-state index in [1.54, 1.807) is 4.90 Å². The van der Waals surface area contributed by atoms with Crippen molar-refractivity contribution in [1.29, 1.82) is 5.26 Å². The van der Waals surface area contributed by atoms with Crippen LogP contribution in [0.25, 0.3) is 0 Å². The maximum atomic E-state index is 11.4. The average Bonchev–Trinajstić information content (AvgIpc) is 2.54. The van der Waals surface area contributed by atoms with Gasteiger partial charge >= 0.3 is 6.09 Å². The first-order valence-electron chi connectivity index (χ1n) is 5.15. The quantitative estimate of drug-likeness (QED) is 0.636. The number of amides is 1. The van der Waals surface area contributed by atoms with Gasteiger partial charge in [-0.1, -0.05) is 0 Å². The van der Waals surface area contributed by atoms with Crippen LogP contribution in [-0.2, 0) is 4.74 Å². The van der Waals surface area contributed by atoms with E-state index >= 15 is 0 Å². The number of nitrogens with zero attached hydrogens (tertiary/aromatic N) is 2. The predicted molar refractivity (Wildman–Crippen MR) is 49.4 cm³/mol. The summed E-state index contributed by atoms with van der Waals surface area (Å²) >= 11 is 0. The zero-order valence-corrected chi connectivity index (χ0v) is 8.11. The van der Waals surface area contributed by atoms with Gasteiger partial charge in [0.1, 0.15) is 6.10 Å². The van der Waals surface area contributed by atoms with E-state index in [4.69, 9.17) is 10.00 Å². The normalized spacial score (nSPS) is 22.9. The second-order valence-electron chi connectivity index (χ2n) is 4.02. The van der Waals surface area contributed by atoms with Gasteiger partial charge in [0.2, 0.25) is 0 Å². The molecule has 0 aromatic carbocycles. The topological polar surface area (TPSA) is 53.3 Å². The van der Waals surface area contributed by atoms with Crippen LogP contribution in [0.2, 0.25) is 0 Å². The smallest absolute Gasteiger partial charge is 0.410 e. The minimum absolute atomic E-state index is 0.0196. The summed E-state index contributed by atoms with van der Waals surface area (Å²) in [7, 11) is 0. The Morgan fingerprint density at radius 2 is 2.00 bits per heavy atom. The van der Waals surface area contributed by atoms with E-state index in [2.05, 4.69) is 6.07 Å². The standard InChI is InChI=1S/C10H14N2O2/c11-5-8-6-12(7-8)10(13)14-9-3-1-2-4-9/h8-9H,1-4,6-7H2. The summed E-state index contributed by atoms with van der Waals surface area (Å²) in [6.07, 6.45) is 4.23. The molecule has 0 bridgehead atoms. The SMILES string of the molecule is N#CC1CN(C(=O)OC2CCCC2)C1. The van der Waals surface area contributed by atoms with Crippen molar-refractivity contribution in [2.75, 3.05) is 13.1 Å². The molecule has 1 amide bonds. The van der Waals surface area contributed by atoms with Crippen LogP contribution in [0.3, 0.4) is 0 Å². The molecule has 0 N–H and O–H groups in total. The Bertz CT molecular complexity index is 260. The third kappa shape index (κ3) is 1.82. The number of hydrogen-bond donors (Lipinski definition) is 0. The third-order valence-electron chi connectivity index (χ3n) is 2.89. The highest BCUT2D eigenvalue weighted by molar-refractivity contribution is 5.69. The minimum atomic E-state index is -0.233. The molecule has 1 saturated carbocycles. The maximum absolute atomic E-state index is 11.4. The van der Waals surface area contributed by atoms with Gasteiger partial charge in [-0.2, -0.15) is 5.26 Å². The lowest BCUT2D eigenvalue weighted by Gasteiger charge is -2.34. The molecule has 14 heavy (non-hydrogen) atoms. The molecule has 0 radical (unpaired) electrons. The number of hydrogen-bond acceptors (Lipinski definition) is 3. The van der Waals surface area contributed by atoms with Crippen molar-refractivity contribution in [3.8, 4) is 6.07 Å². The zero-order valence-electron chi connectivity index (χ0n) is 8.11. The van der Waals surface area contributed by atoms with Crippen LogP contribution in [-0.4, -0.2) is 30.2 Å². The molecule has 2 rings (SSSR count). The Labute approximate surface area is 83.4 Å². The third-order valence-corrected chi connectivity index (χ3v) is 2.89. The van der Waals surface area contributed by atoms with E-state index in [1.165, 1.54) is 12.8 Å². The van der Waals surface area contributed by atoms with Gasteiger partial charge < -0.3 is 9.64 Å². The summed E-state index contributed by atoms with van der Waals surface area (Å²) in [6.45, 7) is 1.09. The van der Waals surface area contributed by atoms with Crippen molar-refractivity contribution in [3.63, 3.8) is 0 Å². The number of rotatable bonds is 1. The molecule has 0 aromatic rings. The number of nitriles is 1. The number of carbonyl (C=O) groups is 1. The van der Waals surface area contributed by atoms with Crippen LogP contribution in [0, 0.1) is 17.2 Å². The highest BCUT2D eigenvalue weighted by Gasteiger charge is 2.33. The molecule has 0 unspecified atom stereocenters. The van der Waals surface area contributed by atoms with Crippen LogP contribution >= 0.6 is 0 Å². The van der Waals surface area contributed by atoms with Crippen LogP contribution in [0.4, 0.5) is 4.79 Å². The molecule has 1 aliphatic heterocycles. The van der Waals surface area contributed by atoms with Gasteiger partial charge in [0.15, 0.2) is 0 Å². The van der Waals surface area contributed by atoms with Crippen molar-refractivity contribution in [2.45, 2.75) is 31.8 Å². The maximum Gasteiger partial charge on any atom is 0.410 e. The predicted octanol–water partition coefficient (Wildman–Crippen LogP) is 1.52. The summed E-state index contributed by atoms with van der Waals surface area (Å²) in [5.41, 5.74) is 0. The largest absolute Gasteiger partial charge is 0.446 e. The second-order valence-corrected chi connectivity index (χ2v) is 4.02. The summed E-state index contributed by atoms with van der Waals surface area (Å²) in [4.78, 5) is 13.0. The van der Waals surface area contributed by atoms with E-state index in [1.807, 2.05) is 0 Å². The van der Waals surface area contributed by atoms with Crippen molar-refractivity contribution in [1.82, 2.24) is 4.90 Å². The van der Waals surface area contributed by atoms with Crippen molar-refractivity contribution in [2.24, 2.45) is 5.92 Å². The van der Waals surface area contributed by atoms with Crippen molar-refractivity contribution in [3.05, 3.63) is 0 Å². The lowest BCUT2D eigenvalue weighted by Crippen LogP contribution is -2.50. The molecular formula is C10H14N2O2. The Kier molecular flexibility index (Phi) is 2.58. The minimum Gasteiger partial charge on any atom is -0.446 e. The highest BCUT2D eigenvalue weighted by atomic mass is 16.6. The summed E-state index contributed by atoms with van der Waals surface area (Å²) in [5.74, 6) is 0.0196. The Morgan fingerprint density at radius 3 is 2.57 bits per heavy atom. The molecule has 2 aliphatic rings. The first-order chi connectivity index (χ1) is 6.79. The molecular weight excluding hydrogens is 180 g/mol. The second kappa shape index (κ2) is 3.87. The lowest BCUT2D eigenvalue weighted by atomic mass is 10.0. The summed E-state index contributed by atoms with van der Waals surface area (Å²) in [5, 5.41) is 8.54. The molecule has 0 atom stereocenters. The lowest BCUT2D eigenvalue weighted by molar-refractivity contribution is 0.0386.